The molecular formula is C23H23NO5S. The second kappa shape index (κ2) is 8.59. The van der Waals surface area contributed by atoms with Gasteiger partial charge in [0.2, 0.25) is 0 Å². The van der Waals surface area contributed by atoms with Crippen LogP contribution in [0.15, 0.2) is 71.6 Å². The first-order chi connectivity index (χ1) is 14.3. The smallest absolute Gasteiger partial charge is 0.274 e. The Morgan fingerprint density at radius 2 is 1.40 bits per heavy atom. The summed E-state index contributed by atoms with van der Waals surface area (Å²) in [6.07, 6.45) is 0. The molecule has 0 spiro atoms. The van der Waals surface area contributed by atoms with E-state index in [4.69, 9.17) is 9.47 Å². The minimum atomic E-state index is -4.27. The van der Waals surface area contributed by atoms with Crippen molar-refractivity contribution in [1.82, 2.24) is 0 Å². The van der Waals surface area contributed by atoms with Gasteiger partial charge in [0.05, 0.1) is 19.9 Å². The van der Waals surface area contributed by atoms with E-state index in [1.165, 1.54) is 32.4 Å². The number of ether oxygens (including phenoxy) is 2. The number of carbonyl (C=O) groups excluding carboxylic acids is 1. The molecule has 0 fully saturated rings. The molecule has 30 heavy (non-hydrogen) atoms. The van der Waals surface area contributed by atoms with Crippen molar-refractivity contribution < 1.29 is 22.7 Å². The third kappa shape index (κ3) is 4.16. The SMILES string of the molecule is COc1ccc(N(C(=O)c2ccc(C)cc2)S(=O)(=O)c2ccc(C)cc2OC)cc1. The van der Waals surface area contributed by atoms with Crippen LogP contribution in [0.4, 0.5) is 5.69 Å². The number of sulfonamides is 1. The van der Waals surface area contributed by atoms with E-state index in [1.54, 1.807) is 48.5 Å². The highest BCUT2D eigenvalue weighted by molar-refractivity contribution is 7.93. The Balaban J connectivity index is 2.19. The predicted octanol–water partition coefficient (Wildman–Crippen LogP) is 4.36. The minimum absolute atomic E-state index is 0.0909. The van der Waals surface area contributed by atoms with Crippen molar-refractivity contribution in [1.29, 1.82) is 0 Å². The number of amides is 1. The molecule has 0 unspecified atom stereocenters. The van der Waals surface area contributed by atoms with E-state index in [1.807, 2.05) is 13.8 Å². The topological polar surface area (TPSA) is 72.9 Å². The number of rotatable bonds is 6. The van der Waals surface area contributed by atoms with E-state index in [0.29, 0.717) is 5.75 Å². The second-order valence-electron chi connectivity index (χ2n) is 6.79. The molecule has 0 bridgehead atoms. The van der Waals surface area contributed by atoms with E-state index in [-0.39, 0.29) is 21.9 Å². The Kier molecular flexibility index (Phi) is 6.12. The van der Waals surface area contributed by atoms with Gasteiger partial charge < -0.3 is 9.47 Å². The average Bonchev–Trinajstić information content (AvgIpc) is 2.74. The Morgan fingerprint density at radius 1 is 0.800 bits per heavy atom. The van der Waals surface area contributed by atoms with Gasteiger partial charge in [0.1, 0.15) is 16.4 Å². The lowest BCUT2D eigenvalue weighted by Gasteiger charge is -2.24. The van der Waals surface area contributed by atoms with Gasteiger partial charge in [-0.05, 0) is 67.9 Å². The first-order valence-corrected chi connectivity index (χ1v) is 10.7. The quantitative estimate of drug-likeness (QED) is 0.587. The maximum atomic E-state index is 13.7. The fourth-order valence-electron chi connectivity index (χ4n) is 2.98. The highest BCUT2D eigenvalue weighted by Crippen LogP contribution is 2.32. The molecule has 0 aliphatic heterocycles. The van der Waals surface area contributed by atoms with Gasteiger partial charge in [-0.1, -0.05) is 23.8 Å². The molecule has 0 N–H and O–H groups in total. The lowest BCUT2D eigenvalue weighted by molar-refractivity contribution is 0.101. The number of carbonyl (C=O) groups is 1. The molecule has 0 saturated heterocycles. The van der Waals surface area contributed by atoms with Crippen LogP contribution in [-0.2, 0) is 10.0 Å². The van der Waals surface area contributed by atoms with Gasteiger partial charge in [0.15, 0.2) is 0 Å². The summed E-state index contributed by atoms with van der Waals surface area (Å²) in [4.78, 5) is 13.3. The van der Waals surface area contributed by atoms with Gasteiger partial charge in [0, 0.05) is 5.56 Å². The fourth-order valence-corrected chi connectivity index (χ4v) is 4.54. The minimum Gasteiger partial charge on any atom is -0.497 e. The van der Waals surface area contributed by atoms with Gasteiger partial charge in [-0.25, -0.2) is 8.42 Å². The molecule has 6 nitrogen and oxygen atoms in total. The third-order valence-corrected chi connectivity index (χ3v) is 6.38. The molecule has 3 rings (SSSR count). The van der Waals surface area contributed by atoms with E-state index in [2.05, 4.69) is 0 Å². The van der Waals surface area contributed by atoms with Gasteiger partial charge in [-0.2, -0.15) is 4.31 Å². The largest absolute Gasteiger partial charge is 0.497 e. The van der Waals surface area contributed by atoms with Crippen LogP contribution in [0.3, 0.4) is 0 Å². The second-order valence-corrected chi connectivity index (χ2v) is 8.55. The molecule has 0 aliphatic carbocycles. The predicted molar refractivity (Wildman–Crippen MR) is 116 cm³/mol. The molecule has 3 aromatic carbocycles. The van der Waals surface area contributed by atoms with Crippen molar-refractivity contribution >= 4 is 21.6 Å². The summed E-state index contributed by atoms with van der Waals surface area (Å²) in [7, 11) is -1.36. The van der Waals surface area contributed by atoms with Crippen LogP contribution in [0.1, 0.15) is 21.5 Å². The molecule has 3 aromatic rings. The standard InChI is InChI=1S/C23H23NO5S/c1-16-5-8-18(9-6-16)23(25)24(19-10-12-20(28-3)13-11-19)30(26,27)22-14-7-17(2)15-21(22)29-4/h5-15H,1-4H3. The van der Waals surface area contributed by atoms with Crippen molar-refractivity contribution in [2.75, 3.05) is 18.5 Å². The summed E-state index contributed by atoms with van der Waals surface area (Å²) in [5, 5.41) is 0. The monoisotopic (exact) mass is 425 g/mol. The number of anilines is 1. The number of aryl methyl sites for hydroxylation is 2. The fraction of sp³-hybridized carbons (Fsp3) is 0.174. The Labute approximate surface area is 176 Å². The molecule has 1 amide bonds. The van der Waals surface area contributed by atoms with Crippen molar-refractivity contribution in [3.05, 3.63) is 83.4 Å². The Bertz CT molecular complexity index is 1150. The first-order valence-electron chi connectivity index (χ1n) is 9.23. The summed E-state index contributed by atoms with van der Waals surface area (Å²) in [6, 6.07) is 17.7. The van der Waals surface area contributed by atoms with Gasteiger partial charge in [-0.3, -0.25) is 4.79 Å². The first kappa shape index (κ1) is 21.4. The van der Waals surface area contributed by atoms with Crippen LogP contribution in [0, 0.1) is 13.8 Å². The van der Waals surface area contributed by atoms with E-state index < -0.39 is 15.9 Å². The van der Waals surface area contributed by atoms with Crippen LogP contribution in [0.25, 0.3) is 0 Å². The van der Waals surface area contributed by atoms with Crippen molar-refractivity contribution in [2.24, 2.45) is 0 Å². The summed E-state index contributed by atoms with van der Waals surface area (Å²) < 4.78 is 38.6. The number of hydrogen-bond acceptors (Lipinski definition) is 5. The number of benzene rings is 3. The summed E-state index contributed by atoms with van der Waals surface area (Å²) in [5.74, 6) is 0.0554. The lowest BCUT2D eigenvalue weighted by Crippen LogP contribution is -2.37. The number of hydrogen-bond donors (Lipinski definition) is 0. The average molecular weight is 426 g/mol. The summed E-state index contributed by atoms with van der Waals surface area (Å²) >= 11 is 0. The Hall–Kier alpha value is -3.32. The summed E-state index contributed by atoms with van der Waals surface area (Å²) in [5.41, 5.74) is 2.26. The molecular weight excluding hydrogens is 402 g/mol. The lowest BCUT2D eigenvalue weighted by atomic mass is 10.1. The zero-order valence-electron chi connectivity index (χ0n) is 17.2. The summed E-state index contributed by atoms with van der Waals surface area (Å²) in [6.45, 7) is 3.72. The van der Waals surface area contributed by atoms with Gasteiger partial charge in [0.25, 0.3) is 15.9 Å². The van der Waals surface area contributed by atoms with Gasteiger partial charge in [-0.15, -0.1) is 0 Å². The van der Waals surface area contributed by atoms with Crippen molar-refractivity contribution in [3.63, 3.8) is 0 Å². The molecule has 156 valence electrons. The third-order valence-electron chi connectivity index (χ3n) is 4.63. The maximum absolute atomic E-state index is 13.7. The molecule has 0 aromatic heterocycles. The molecule has 0 atom stereocenters. The molecule has 7 heteroatoms. The zero-order valence-corrected chi connectivity index (χ0v) is 18.1. The van der Waals surface area contributed by atoms with Crippen LogP contribution in [-0.4, -0.2) is 28.5 Å². The highest BCUT2D eigenvalue weighted by atomic mass is 32.2. The zero-order chi connectivity index (χ0) is 21.9. The van der Waals surface area contributed by atoms with Gasteiger partial charge >= 0.3 is 0 Å². The molecule has 0 saturated carbocycles. The molecule has 0 heterocycles. The molecule has 0 radical (unpaired) electrons. The van der Waals surface area contributed by atoms with Crippen LogP contribution < -0.4 is 13.8 Å². The van der Waals surface area contributed by atoms with Crippen LogP contribution in [0.2, 0.25) is 0 Å². The van der Waals surface area contributed by atoms with Crippen molar-refractivity contribution in [3.8, 4) is 11.5 Å². The normalized spacial score (nSPS) is 11.1. The highest BCUT2D eigenvalue weighted by Gasteiger charge is 2.34. The number of nitrogens with zero attached hydrogens (tertiary/aromatic N) is 1. The van der Waals surface area contributed by atoms with E-state index in [9.17, 15) is 13.2 Å². The molecule has 0 aliphatic rings. The number of methoxy groups -OCH3 is 2. The van der Waals surface area contributed by atoms with E-state index >= 15 is 0 Å². The van der Waals surface area contributed by atoms with Crippen LogP contribution in [0.5, 0.6) is 11.5 Å². The maximum Gasteiger partial charge on any atom is 0.274 e. The van der Waals surface area contributed by atoms with Crippen LogP contribution >= 0.6 is 0 Å². The van der Waals surface area contributed by atoms with E-state index in [0.717, 1.165) is 15.4 Å². The Morgan fingerprint density at radius 3 is 1.97 bits per heavy atom. The van der Waals surface area contributed by atoms with Crippen molar-refractivity contribution in [2.45, 2.75) is 18.7 Å².